The smallest absolute Gasteiger partial charge is 0.348 e. The van der Waals surface area contributed by atoms with Gasteiger partial charge in [-0.2, -0.15) is 0 Å². The molecule has 3 aliphatic rings. The Morgan fingerprint density at radius 1 is 1.00 bits per heavy atom. The number of para-hydroxylation sites is 1. The van der Waals surface area contributed by atoms with Crippen LogP contribution in [0.5, 0.6) is 0 Å². The number of nitrogens with one attached hydrogen (secondary N) is 1. The first-order valence-electron chi connectivity index (χ1n) is 15.8. The predicted molar refractivity (Wildman–Crippen MR) is 184 cm³/mol. The number of aryl methyl sites for hydroxylation is 1. The van der Waals surface area contributed by atoms with Crippen LogP contribution < -0.4 is 15.1 Å². The second kappa shape index (κ2) is 12.8. The standard InChI is InChI=1S/C37H36N4O5S/c1-24-19-29(33(38-21-24)40-22-37(23-40)14-17-46-18-15-37)34(42)39-28-9-7-25(8-10-28)35(43)41-16-13-27(20-26-5-3-4-6-30(26)41)31-11-12-32(47-31)36(44)45-2/h3-12,19-21H,13-18,22-23H2,1-2H3,(H,39,42). The highest BCUT2D eigenvalue weighted by atomic mass is 32.1. The van der Waals surface area contributed by atoms with E-state index in [1.165, 1.54) is 18.4 Å². The minimum atomic E-state index is -0.358. The largest absolute Gasteiger partial charge is 0.465 e. The van der Waals surface area contributed by atoms with Crippen LogP contribution in [0.4, 0.5) is 17.2 Å². The van der Waals surface area contributed by atoms with Gasteiger partial charge in [-0.1, -0.05) is 18.2 Å². The Kier molecular flexibility index (Phi) is 8.38. The van der Waals surface area contributed by atoms with Gasteiger partial charge in [0.05, 0.1) is 18.4 Å². The average Bonchev–Trinajstić information content (AvgIpc) is 3.50. The van der Waals surface area contributed by atoms with Gasteiger partial charge in [-0.25, -0.2) is 9.78 Å². The van der Waals surface area contributed by atoms with E-state index in [-0.39, 0.29) is 23.2 Å². The van der Waals surface area contributed by atoms with Gasteiger partial charge in [-0.05, 0) is 97.5 Å². The van der Waals surface area contributed by atoms with Crippen LogP contribution in [0.15, 0.2) is 72.9 Å². The summed E-state index contributed by atoms with van der Waals surface area (Å²) in [4.78, 5) is 49.6. The molecule has 47 heavy (non-hydrogen) atoms. The van der Waals surface area contributed by atoms with Crippen molar-refractivity contribution in [3.05, 3.63) is 105 Å². The fraction of sp³-hybridized carbons (Fsp3) is 0.297. The van der Waals surface area contributed by atoms with Crippen molar-refractivity contribution < 1.29 is 23.9 Å². The number of amides is 2. The highest BCUT2D eigenvalue weighted by Gasteiger charge is 2.45. The summed E-state index contributed by atoms with van der Waals surface area (Å²) in [6, 6.07) is 20.4. The zero-order valence-electron chi connectivity index (χ0n) is 26.5. The van der Waals surface area contributed by atoms with E-state index in [0.29, 0.717) is 40.5 Å². The molecule has 240 valence electrons. The monoisotopic (exact) mass is 648 g/mol. The molecule has 0 atom stereocenters. The molecule has 9 nitrogen and oxygen atoms in total. The topological polar surface area (TPSA) is 101 Å². The number of hydrogen-bond donors (Lipinski definition) is 1. The van der Waals surface area contributed by atoms with Crippen molar-refractivity contribution in [2.45, 2.75) is 26.2 Å². The molecule has 0 radical (unpaired) electrons. The number of carbonyl (C=O) groups excluding carboxylic acids is 3. The van der Waals surface area contributed by atoms with Crippen molar-refractivity contribution >= 4 is 58.0 Å². The molecule has 2 saturated heterocycles. The van der Waals surface area contributed by atoms with Gasteiger partial charge in [0.25, 0.3) is 11.8 Å². The minimum Gasteiger partial charge on any atom is -0.465 e. The van der Waals surface area contributed by atoms with E-state index in [0.717, 1.165) is 66.4 Å². The van der Waals surface area contributed by atoms with Gasteiger partial charge in [0.2, 0.25) is 0 Å². The van der Waals surface area contributed by atoms with Gasteiger partial charge in [-0.15, -0.1) is 11.3 Å². The second-order valence-corrected chi connectivity index (χ2v) is 13.6. The molecule has 3 aliphatic heterocycles. The molecular formula is C37H36N4O5S. The summed E-state index contributed by atoms with van der Waals surface area (Å²) in [6.07, 6.45) is 6.59. The Morgan fingerprint density at radius 2 is 1.77 bits per heavy atom. The molecule has 1 spiro atoms. The van der Waals surface area contributed by atoms with E-state index in [4.69, 9.17) is 9.47 Å². The number of ether oxygens (including phenoxy) is 2. The average molecular weight is 649 g/mol. The third kappa shape index (κ3) is 6.18. The van der Waals surface area contributed by atoms with E-state index >= 15 is 0 Å². The molecule has 0 saturated carbocycles. The number of thiophene rings is 1. The number of carbonyl (C=O) groups is 3. The second-order valence-electron chi connectivity index (χ2n) is 12.5. The Balaban J connectivity index is 1.05. The predicted octanol–water partition coefficient (Wildman–Crippen LogP) is 6.70. The number of methoxy groups -OCH3 is 1. The summed E-state index contributed by atoms with van der Waals surface area (Å²) in [5.41, 5.74) is 5.64. The zero-order chi connectivity index (χ0) is 32.5. The lowest BCUT2D eigenvalue weighted by atomic mass is 9.73. The van der Waals surface area contributed by atoms with Gasteiger partial charge in [-0.3, -0.25) is 9.59 Å². The Hall–Kier alpha value is -4.80. The maximum absolute atomic E-state index is 13.9. The first-order valence-corrected chi connectivity index (χ1v) is 16.6. The summed E-state index contributed by atoms with van der Waals surface area (Å²) in [7, 11) is 1.38. The van der Waals surface area contributed by atoms with E-state index in [2.05, 4.69) is 21.3 Å². The highest BCUT2D eigenvalue weighted by molar-refractivity contribution is 7.15. The molecule has 0 bridgehead atoms. The summed E-state index contributed by atoms with van der Waals surface area (Å²) in [6.45, 7) is 5.74. The number of aromatic nitrogens is 1. The third-order valence-corrected chi connectivity index (χ3v) is 10.4. The molecular weight excluding hydrogens is 612 g/mol. The van der Waals surface area contributed by atoms with E-state index in [1.54, 1.807) is 41.4 Å². The summed E-state index contributed by atoms with van der Waals surface area (Å²) < 4.78 is 10.4. The number of pyridine rings is 1. The lowest BCUT2D eigenvalue weighted by Crippen LogP contribution is -2.59. The van der Waals surface area contributed by atoms with Gasteiger partial charge in [0.1, 0.15) is 10.7 Å². The van der Waals surface area contributed by atoms with Crippen LogP contribution >= 0.6 is 11.3 Å². The fourth-order valence-electron chi connectivity index (χ4n) is 6.66. The van der Waals surface area contributed by atoms with Crippen molar-refractivity contribution in [2.75, 3.05) is 55.1 Å². The molecule has 5 heterocycles. The number of benzene rings is 2. The number of hydrogen-bond acceptors (Lipinski definition) is 8. The molecule has 0 aliphatic carbocycles. The maximum atomic E-state index is 13.9. The van der Waals surface area contributed by atoms with E-state index in [9.17, 15) is 14.4 Å². The van der Waals surface area contributed by atoms with E-state index < -0.39 is 0 Å². The zero-order valence-corrected chi connectivity index (χ0v) is 27.3. The van der Waals surface area contributed by atoms with Crippen LogP contribution in [0.1, 0.15) is 65.7 Å². The molecule has 7 rings (SSSR count). The van der Waals surface area contributed by atoms with Crippen LogP contribution in [-0.4, -0.2) is 62.7 Å². The van der Waals surface area contributed by atoms with Gasteiger partial charge in [0.15, 0.2) is 0 Å². The summed E-state index contributed by atoms with van der Waals surface area (Å²) >= 11 is 1.39. The Morgan fingerprint density at radius 3 is 2.53 bits per heavy atom. The molecule has 4 aromatic rings. The number of nitrogens with zero attached hydrogens (tertiary/aromatic N) is 3. The first-order chi connectivity index (χ1) is 22.8. The molecule has 2 aromatic heterocycles. The third-order valence-electron chi connectivity index (χ3n) is 9.26. The lowest BCUT2D eigenvalue weighted by Gasteiger charge is -2.53. The molecule has 2 fully saturated rings. The van der Waals surface area contributed by atoms with Crippen LogP contribution in [0, 0.1) is 12.3 Å². The number of rotatable bonds is 6. The minimum absolute atomic E-state index is 0.128. The number of esters is 1. The van der Waals surface area contributed by atoms with E-state index in [1.807, 2.05) is 43.3 Å². The normalized spacial score (nSPS) is 16.9. The van der Waals surface area contributed by atoms with Crippen molar-refractivity contribution in [3.63, 3.8) is 0 Å². The molecule has 2 aromatic carbocycles. The lowest BCUT2D eigenvalue weighted by molar-refractivity contribution is -0.000511. The first kappa shape index (κ1) is 30.8. The number of anilines is 3. The molecule has 10 heteroatoms. The number of fused-ring (bicyclic) bond motifs is 1. The summed E-state index contributed by atoms with van der Waals surface area (Å²) in [5, 5.41) is 3.02. The van der Waals surface area contributed by atoms with Crippen molar-refractivity contribution in [2.24, 2.45) is 5.41 Å². The van der Waals surface area contributed by atoms with Gasteiger partial charge < -0.3 is 24.6 Å². The van der Waals surface area contributed by atoms with Crippen molar-refractivity contribution in [1.82, 2.24) is 4.98 Å². The maximum Gasteiger partial charge on any atom is 0.348 e. The van der Waals surface area contributed by atoms with Crippen molar-refractivity contribution in [3.8, 4) is 0 Å². The van der Waals surface area contributed by atoms with Crippen LogP contribution in [0.25, 0.3) is 11.6 Å². The summed E-state index contributed by atoms with van der Waals surface area (Å²) in [5.74, 6) is -0.0135. The van der Waals surface area contributed by atoms with Gasteiger partial charge >= 0.3 is 5.97 Å². The molecule has 1 N–H and O–H groups in total. The quantitative estimate of drug-likeness (QED) is 0.232. The van der Waals surface area contributed by atoms with Crippen LogP contribution in [0.2, 0.25) is 0 Å². The molecule has 0 unspecified atom stereocenters. The Bertz CT molecular complexity index is 1870. The van der Waals surface area contributed by atoms with Gasteiger partial charge in [0, 0.05) is 60.6 Å². The highest BCUT2D eigenvalue weighted by Crippen LogP contribution is 2.42. The van der Waals surface area contributed by atoms with Crippen LogP contribution in [0.3, 0.4) is 0 Å². The SMILES string of the molecule is COC(=O)c1ccc(C2=Cc3ccccc3N(C(=O)c3ccc(NC(=O)c4cc(C)cnc4N4CC5(CCOCC5)C4)cc3)CC2)s1. The fourth-order valence-corrected chi connectivity index (χ4v) is 7.63. The Labute approximate surface area is 277 Å². The van der Waals surface area contributed by atoms with Crippen molar-refractivity contribution in [1.29, 1.82) is 0 Å². The molecule has 2 amide bonds. The van der Waals surface area contributed by atoms with Crippen LogP contribution in [-0.2, 0) is 9.47 Å².